The zero-order chi connectivity index (χ0) is 12.5. The number of benzene rings is 2. The maximum Gasteiger partial charge on any atom is 0.179 e. The van der Waals surface area contributed by atoms with Crippen molar-refractivity contribution in [2.24, 2.45) is 5.73 Å². The zero-order valence-corrected chi connectivity index (χ0v) is 10.4. The second kappa shape index (κ2) is 4.47. The van der Waals surface area contributed by atoms with Crippen molar-refractivity contribution >= 4 is 20.6 Å². The highest BCUT2D eigenvalue weighted by atomic mass is 32.2. The molecule has 0 radical (unpaired) electrons. The van der Waals surface area contributed by atoms with Crippen molar-refractivity contribution < 1.29 is 8.42 Å². The summed E-state index contributed by atoms with van der Waals surface area (Å²) in [6, 6.07) is 12.5. The molecule has 2 aromatic carbocycles. The molecule has 2 N–H and O–H groups in total. The van der Waals surface area contributed by atoms with E-state index in [2.05, 4.69) is 0 Å². The molecule has 0 bridgehead atoms. The SMILES string of the molecule is CC(N)CS(=O)(=O)c1ccc2ccccc2c1. The highest BCUT2D eigenvalue weighted by Gasteiger charge is 2.16. The molecule has 0 aliphatic heterocycles. The van der Waals surface area contributed by atoms with E-state index in [1.54, 1.807) is 19.1 Å². The Morgan fingerprint density at radius 3 is 2.41 bits per heavy atom. The Kier molecular flexibility index (Phi) is 3.17. The lowest BCUT2D eigenvalue weighted by Gasteiger charge is -2.08. The predicted octanol–water partition coefficient (Wildman–Crippen LogP) is 1.96. The summed E-state index contributed by atoms with van der Waals surface area (Å²) in [6.45, 7) is 1.69. The van der Waals surface area contributed by atoms with Gasteiger partial charge in [-0.15, -0.1) is 0 Å². The third kappa shape index (κ3) is 2.65. The van der Waals surface area contributed by atoms with Crippen LogP contribution in [0.2, 0.25) is 0 Å². The third-order valence-electron chi connectivity index (χ3n) is 2.56. The Morgan fingerprint density at radius 2 is 1.76 bits per heavy atom. The fourth-order valence-electron chi connectivity index (χ4n) is 1.80. The van der Waals surface area contributed by atoms with Crippen molar-refractivity contribution in [1.82, 2.24) is 0 Å². The molecule has 4 heteroatoms. The Bertz CT molecular complexity index is 633. The van der Waals surface area contributed by atoms with Gasteiger partial charge >= 0.3 is 0 Å². The number of fused-ring (bicyclic) bond motifs is 1. The van der Waals surface area contributed by atoms with Gasteiger partial charge in [0.05, 0.1) is 10.6 Å². The van der Waals surface area contributed by atoms with Gasteiger partial charge in [-0.25, -0.2) is 8.42 Å². The van der Waals surface area contributed by atoms with E-state index in [9.17, 15) is 8.42 Å². The number of nitrogens with two attached hydrogens (primary N) is 1. The molecule has 0 aliphatic carbocycles. The Hall–Kier alpha value is -1.39. The van der Waals surface area contributed by atoms with Crippen molar-refractivity contribution in [2.75, 3.05) is 5.75 Å². The van der Waals surface area contributed by atoms with Crippen LogP contribution in [0.3, 0.4) is 0 Å². The fraction of sp³-hybridized carbons (Fsp3) is 0.231. The van der Waals surface area contributed by atoms with E-state index < -0.39 is 9.84 Å². The van der Waals surface area contributed by atoms with Crippen LogP contribution in [0.4, 0.5) is 0 Å². The number of hydrogen-bond acceptors (Lipinski definition) is 3. The van der Waals surface area contributed by atoms with Gasteiger partial charge in [-0.3, -0.25) is 0 Å². The van der Waals surface area contributed by atoms with Crippen LogP contribution in [0.15, 0.2) is 47.4 Å². The van der Waals surface area contributed by atoms with E-state index in [-0.39, 0.29) is 11.8 Å². The molecule has 0 saturated heterocycles. The molecule has 90 valence electrons. The van der Waals surface area contributed by atoms with Gasteiger partial charge in [-0.2, -0.15) is 0 Å². The van der Waals surface area contributed by atoms with Crippen molar-refractivity contribution in [3.05, 3.63) is 42.5 Å². The van der Waals surface area contributed by atoms with Crippen LogP contribution in [0.1, 0.15) is 6.92 Å². The van der Waals surface area contributed by atoms with Crippen LogP contribution in [0, 0.1) is 0 Å². The normalized spacial score (nSPS) is 13.8. The number of rotatable bonds is 3. The van der Waals surface area contributed by atoms with E-state index >= 15 is 0 Å². The van der Waals surface area contributed by atoms with Gasteiger partial charge in [0.2, 0.25) is 0 Å². The molecule has 0 aromatic heterocycles. The van der Waals surface area contributed by atoms with Crippen LogP contribution >= 0.6 is 0 Å². The molecule has 0 amide bonds. The first-order valence-electron chi connectivity index (χ1n) is 5.46. The number of sulfone groups is 1. The van der Waals surface area contributed by atoms with E-state index in [0.29, 0.717) is 4.90 Å². The van der Waals surface area contributed by atoms with Crippen LogP contribution in [-0.2, 0) is 9.84 Å². The first kappa shape index (κ1) is 12.1. The lowest BCUT2D eigenvalue weighted by Crippen LogP contribution is -2.26. The summed E-state index contributed by atoms with van der Waals surface area (Å²) >= 11 is 0. The summed E-state index contributed by atoms with van der Waals surface area (Å²) in [5, 5.41) is 1.96. The fourth-order valence-corrected chi connectivity index (χ4v) is 3.27. The molecular formula is C13H15NO2S. The highest BCUT2D eigenvalue weighted by Crippen LogP contribution is 2.20. The molecule has 0 saturated carbocycles. The molecular weight excluding hydrogens is 234 g/mol. The summed E-state index contributed by atoms with van der Waals surface area (Å²) in [6.07, 6.45) is 0. The van der Waals surface area contributed by atoms with Crippen LogP contribution in [0.25, 0.3) is 10.8 Å². The van der Waals surface area contributed by atoms with Crippen molar-refractivity contribution in [3.63, 3.8) is 0 Å². The van der Waals surface area contributed by atoms with Crippen molar-refractivity contribution in [1.29, 1.82) is 0 Å². The van der Waals surface area contributed by atoms with E-state index in [0.717, 1.165) is 10.8 Å². The molecule has 17 heavy (non-hydrogen) atoms. The molecule has 0 heterocycles. The molecule has 0 spiro atoms. The largest absolute Gasteiger partial charge is 0.327 e. The van der Waals surface area contributed by atoms with Gasteiger partial charge in [-0.05, 0) is 29.8 Å². The lowest BCUT2D eigenvalue weighted by atomic mass is 10.1. The average Bonchev–Trinajstić information content (AvgIpc) is 2.26. The Morgan fingerprint density at radius 1 is 1.12 bits per heavy atom. The maximum atomic E-state index is 12.0. The van der Waals surface area contributed by atoms with Crippen molar-refractivity contribution in [2.45, 2.75) is 17.9 Å². The maximum absolute atomic E-state index is 12.0. The second-order valence-electron chi connectivity index (χ2n) is 4.27. The van der Waals surface area contributed by atoms with Gasteiger partial charge in [0, 0.05) is 6.04 Å². The third-order valence-corrected chi connectivity index (χ3v) is 4.50. The predicted molar refractivity (Wildman–Crippen MR) is 69.7 cm³/mol. The second-order valence-corrected chi connectivity index (χ2v) is 6.30. The lowest BCUT2D eigenvalue weighted by molar-refractivity contribution is 0.590. The van der Waals surface area contributed by atoms with Crippen LogP contribution in [0.5, 0.6) is 0 Å². The minimum Gasteiger partial charge on any atom is -0.327 e. The molecule has 0 aliphatic rings. The Labute approximate surface area is 101 Å². The smallest absolute Gasteiger partial charge is 0.179 e. The van der Waals surface area contributed by atoms with Gasteiger partial charge in [-0.1, -0.05) is 30.3 Å². The minimum absolute atomic E-state index is 0.0225. The molecule has 2 rings (SSSR count). The van der Waals surface area contributed by atoms with Gasteiger partial charge in [0.1, 0.15) is 0 Å². The van der Waals surface area contributed by atoms with Gasteiger partial charge in [0.25, 0.3) is 0 Å². The quantitative estimate of drug-likeness (QED) is 0.904. The molecule has 3 nitrogen and oxygen atoms in total. The minimum atomic E-state index is -3.28. The highest BCUT2D eigenvalue weighted by molar-refractivity contribution is 7.91. The molecule has 1 unspecified atom stereocenters. The Balaban J connectivity index is 2.50. The molecule has 2 aromatic rings. The number of hydrogen-bond donors (Lipinski definition) is 1. The van der Waals surface area contributed by atoms with Crippen molar-refractivity contribution in [3.8, 4) is 0 Å². The van der Waals surface area contributed by atoms with Crippen LogP contribution in [-0.4, -0.2) is 20.2 Å². The van der Waals surface area contributed by atoms with Gasteiger partial charge in [0.15, 0.2) is 9.84 Å². The summed E-state index contributed by atoms with van der Waals surface area (Å²) < 4.78 is 24.0. The van der Waals surface area contributed by atoms with Crippen LogP contribution < -0.4 is 5.73 Å². The summed E-state index contributed by atoms with van der Waals surface area (Å²) in [7, 11) is -3.28. The molecule has 0 fully saturated rings. The summed E-state index contributed by atoms with van der Waals surface area (Å²) in [5.74, 6) is -0.0225. The molecule has 1 atom stereocenters. The van der Waals surface area contributed by atoms with E-state index in [1.807, 2.05) is 30.3 Å². The van der Waals surface area contributed by atoms with E-state index in [4.69, 9.17) is 5.73 Å². The standard InChI is InChI=1S/C13H15NO2S/c1-10(14)9-17(15,16)13-7-6-11-4-2-3-5-12(11)8-13/h2-8,10H,9,14H2,1H3. The average molecular weight is 249 g/mol. The first-order chi connectivity index (χ1) is 7.99. The topological polar surface area (TPSA) is 60.2 Å². The summed E-state index contributed by atoms with van der Waals surface area (Å²) in [5.41, 5.74) is 5.55. The monoisotopic (exact) mass is 249 g/mol. The van der Waals surface area contributed by atoms with Gasteiger partial charge < -0.3 is 5.73 Å². The zero-order valence-electron chi connectivity index (χ0n) is 9.63. The van der Waals surface area contributed by atoms with E-state index in [1.165, 1.54) is 0 Å². The first-order valence-corrected chi connectivity index (χ1v) is 7.11. The summed E-state index contributed by atoms with van der Waals surface area (Å²) in [4.78, 5) is 0.341.